The molecule has 2 aromatic carbocycles. The molecule has 10 heteroatoms. The Labute approximate surface area is 179 Å². The van der Waals surface area contributed by atoms with Crippen molar-refractivity contribution in [2.24, 2.45) is 0 Å². The van der Waals surface area contributed by atoms with Gasteiger partial charge in [0.05, 0.1) is 30.4 Å². The number of sulfonamides is 1. The number of hydrogen-bond acceptors (Lipinski definition) is 7. The Balaban J connectivity index is 1.73. The molecule has 0 radical (unpaired) electrons. The third-order valence-corrected chi connectivity index (χ3v) is 6.10. The highest BCUT2D eigenvalue weighted by Crippen LogP contribution is 2.38. The fraction of sp³-hybridized carbons (Fsp3) is 0.143. The van der Waals surface area contributed by atoms with Crippen molar-refractivity contribution in [3.8, 4) is 23.0 Å². The first kappa shape index (κ1) is 20.5. The van der Waals surface area contributed by atoms with Gasteiger partial charge in [0, 0.05) is 19.3 Å². The van der Waals surface area contributed by atoms with Crippen molar-refractivity contribution >= 4 is 27.4 Å². The maximum atomic E-state index is 13.1. The summed E-state index contributed by atoms with van der Waals surface area (Å²) in [5.74, 6) is 1.31. The number of carbonyl (C=O) groups is 1. The number of benzene rings is 2. The van der Waals surface area contributed by atoms with Crippen molar-refractivity contribution in [3.05, 3.63) is 60.3 Å². The van der Waals surface area contributed by atoms with Crippen LogP contribution in [0.4, 0.5) is 11.5 Å². The van der Waals surface area contributed by atoms with E-state index in [1.54, 1.807) is 37.5 Å². The van der Waals surface area contributed by atoms with Gasteiger partial charge in [-0.25, -0.2) is 13.4 Å². The molecule has 3 aromatic rings. The molecular formula is C21H19N3O6S. The molecule has 9 nitrogen and oxygen atoms in total. The standard InChI is InChI=1S/C21H19N3O6S/c1-24-20-19(5-4-10-22-20)30-17-9-7-14(12-15(17)21(24)25)31(26,27)23-16-11-13(28-2)6-8-18(16)29-3/h4-12,23H,1-3H3. The van der Waals surface area contributed by atoms with Crippen LogP contribution in [0.5, 0.6) is 23.0 Å². The fourth-order valence-electron chi connectivity index (χ4n) is 3.14. The number of rotatable bonds is 5. The lowest BCUT2D eigenvalue weighted by atomic mass is 10.2. The van der Waals surface area contributed by atoms with Gasteiger partial charge in [0.25, 0.3) is 15.9 Å². The quantitative estimate of drug-likeness (QED) is 0.647. The predicted molar refractivity (Wildman–Crippen MR) is 114 cm³/mol. The number of aromatic nitrogens is 1. The summed E-state index contributed by atoms with van der Waals surface area (Å²) in [5.41, 5.74) is 0.300. The summed E-state index contributed by atoms with van der Waals surface area (Å²) in [6.45, 7) is 0. The fourth-order valence-corrected chi connectivity index (χ4v) is 4.23. The largest absolute Gasteiger partial charge is 0.497 e. The van der Waals surface area contributed by atoms with Gasteiger partial charge in [-0.05, 0) is 42.5 Å². The number of ether oxygens (including phenoxy) is 3. The highest BCUT2D eigenvalue weighted by atomic mass is 32.2. The highest BCUT2D eigenvalue weighted by Gasteiger charge is 2.29. The van der Waals surface area contributed by atoms with Gasteiger partial charge in [-0.3, -0.25) is 14.4 Å². The van der Waals surface area contributed by atoms with Gasteiger partial charge in [0.1, 0.15) is 17.2 Å². The van der Waals surface area contributed by atoms with E-state index < -0.39 is 15.9 Å². The minimum Gasteiger partial charge on any atom is -0.497 e. The van der Waals surface area contributed by atoms with Crippen LogP contribution in [0.3, 0.4) is 0 Å². The van der Waals surface area contributed by atoms with Crippen LogP contribution in [0.2, 0.25) is 0 Å². The monoisotopic (exact) mass is 441 g/mol. The van der Waals surface area contributed by atoms with Crippen LogP contribution >= 0.6 is 0 Å². The van der Waals surface area contributed by atoms with Gasteiger partial charge in [-0.15, -0.1) is 0 Å². The Morgan fingerprint density at radius 1 is 1.03 bits per heavy atom. The zero-order valence-electron chi connectivity index (χ0n) is 16.9. The minimum absolute atomic E-state index is 0.0981. The maximum Gasteiger partial charge on any atom is 0.263 e. The summed E-state index contributed by atoms with van der Waals surface area (Å²) in [6, 6.07) is 12.2. The Morgan fingerprint density at radius 3 is 2.58 bits per heavy atom. The smallest absolute Gasteiger partial charge is 0.263 e. The average Bonchev–Trinajstić information content (AvgIpc) is 2.88. The summed E-state index contributed by atoms with van der Waals surface area (Å²) in [7, 11) is 0.401. The second kappa shape index (κ2) is 7.80. The molecule has 1 N–H and O–H groups in total. The number of hydrogen-bond donors (Lipinski definition) is 1. The average molecular weight is 441 g/mol. The molecule has 1 aliphatic rings. The second-order valence-corrected chi connectivity index (χ2v) is 8.30. The van der Waals surface area contributed by atoms with Crippen LogP contribution in [0, 0.1) is 0 Å². The normalized spacial score (nSPS) is 12.9. The van der Waals surface area contributed by atoms with Crippen LogP contribution in [-0.4, -0.2) is 40.6 Å². The first-order valence-corrected chi connectivity index (χ1v) is 10.6. The van der Waals surface area contributed by atoms with Crippen LogP contribution in [-0.2, 0) is 10.0 Å². The van der Waals surface area contributed by atoms with Gasteiger partial charge in [0.2, 0.25) is 0 Å². The Kier molecular flexibility index (Phi) is 5.15. The molecule has 0 aliphatic carbocycles. The lowest BCUT2D eigenvalue weighted by molar-refractivity contribution is 0.0992. The lowest BCUT2D eigenvalue weighted by Crippen LogP contribution is -2.26. The van der Waals surface area contributed by atoms with E-state index in [4.69, 9.17) is 14.2 Å². The molecule has 0 spiro atoms. The molecule has 4 rings (SSSR count). The van der Waals surface area contributed by atoms with E-state index in [0.717, 1.165) is 0 Å². The predicted octanol–water partition coefficient (Wildman–Crippen LogP) is 3.28. The molecule has 0 saturated carbocycles. The van der Waals surface area contributed by atoms with Crippen molar-refractivity contribution < 1.29 is 27.4 Å². The first-order chi connectivity index (χ1) is 14.8. The van der Waals surface area contributed by atoms with Crippen LogP contribution in [0.1, 0.15) is 10.4 Å². The molecule has 1 amide bonds. The Hall–Kier alpha value is -3.79. The van der Waals surface area contributed by atoms with Crippen molar-refractivity contribution in [2.75, 3.05) is 30.9 Å². The number of fused-ring (bicyclic) bond motifs is 2. The zero-order valence-corrected chi connectivity index (χ0v) is 17.8. The maximum absolute atomic E-state index is 13.1. The van der Waals surface area contributed by atoms with Crippen LogP contribution in [0.25, 0.3) is 0 Å². The summed E-state index contributed by atoms with van der Waals surface area (Å²) in [6.07, 6.45) is 1.54. The summed E-state index contributed by atoms with van der Waals surface area (Å²) in [4.78, 5) is 18.4. The minimum atomic E-state index is -4.05. The molecule has 2 heterocycles. The van der Waals surface area contributed by atoms with Gasteiger partial charge in [-0.1, -0.05) is 0 Å². The van der Waals surface area contributed by atoms with Crippen molar-refractivity contribution in [2.45, 2.75) is 4.90 Å². The van der Waals surface area contributed by atoms with E-state index in [1.807, 2.05) is 0 Å². The molecule has 0 atom stereocenters. The lowest BCUT2D eigenvalue weighted by Gasteiger charge is -2.15. The van der Waals surface area contributed by atoms with E-state index in [-0.39, 0.29) is 21.9 Å². The SMILES string of the molecule is COc1ccc(OC)c(NS(=O)(=O)c2ccc3c(c2)C(=O)N(C)c2ncccc2O3)c1. The molecule has 0 saturated heterocycles. The third-order valence-electron chi connectivity index (χ3n) is 4.74. The molecule has 31 heavy (non-hydrogen) atoms. The van der Waals surface area contributed by atoms with Crippen molar-refractivity contribution in [3.63, 3.8) is 0 Å². The molecular weight excluding hydrogens is 422 g/mol. The number of amides is 1. The zero-order chi connectivity index (χ0) is 22.2. The molecule has 0 bridgehead atoms. The highest BCUT2D eigenvalue weighted by molar-refractivity contribution is 7.92. The summed E-state index contributed by atoms with van der Waals surface area (Å²) < 4.78 is 44.8. The van der Waals surface area contributed by atoms with E-state index in [1.165, 1.54) is 43.4 Å². The molecule has 1 aromatic heterocycles. The van der Waals surface area contributed by atoms with Crippen LogP contribution in [0.15, 0.2) is 59.6 Å². The van der Waals surface area contributed by atoms with E-state index in [2.05, 4.69) is 9.71 Å². The van der Waals surface area contributed by atoms with Crippen molar-refractivity contribution in [1.82, 2.24) is 4.98 Å². The van der Waals surface area contributed by atoms with Gasteiger partial charge in [-0.2, -0.15) is 0 Å². The Bertz CT molecular complexity index is 1280. The summed E-state index contributed by atoms with van der Waals surface area (Å²) in [5, 5.41) is 0. The van der Waals surface area contributed by atoms with Crippen LogP contribution < -0.4 is 23.8 Å². The van der Waals surface area contributed by atoms with Gasteiger partial charge < -0.3 is 14.2 Å². The van der Waals surface area contributed by atoms with Crippen molar-refractivity contribution in [1.29, 1.82) is 0 Å². The second-order valence-electron chi connectivity index (χ2n) is 6.62. The van der Waals surface area contributed by atoms with E-state index >= 15 is 0 Å². The number of nitrogens with one attached hydrogen (secondary N) is 1. The number of nitrogens with zero attached hydrogens (tertiary/aromatic N) is 2. The first-order valence-electron chi connectivity index (χ1n) is 9.14. The number of anilines is 2. The molecule has 1 aliphatic heterocycles. The van der Waals surface area contributed by atoms with Gasteiger partial charge in [0.15, 0.2) is 11.6 Å². The Morgan fingerprint density at radius 2 is 1.84 bits per heavy atom. The van der Waals surface area contributed by atoms with E-state index in [0.29, 0.717) is 23.1 Å². The third kappa shape index (κ3) is 3.73. The van der Waals surface area contributed by atoms with E-state index in [9.17, 15) is 13.2 Å². The topological polar surface area (TPSA) is 107 Å². The number of methoxy groups -OCH3 is 2. The number of pyridine rings is 1. The molecule has 0 fully saturated rings. The van der Waals surface area contributed by atoms with Gasteiger partial charge >= 0.3 is 0 Å². The molecule has 0 unspecified atom stereocenters. The summed E-state index contributed by atoms with van der Waals surface area (Å²) >= 11 is 0. The number of carbonyl (C=O) groups excluding carboxylic acids is 1. The molecule has 160 valence electrons.